The number of methoxy groups -OCH3 is 1. The Balaban J connectivity index is 2.82. The van der Waals surface area contributed by atoms with Crippen LogP contribution in [0.2, 0.25) is 5.02 Å². The molecular weight excluding hydrogens is 208 g/mol. The van der Waals surface area contributed by atoms with E-state index in [1.165, 1.54) is 5.56 Å². The quantitative estimate of drug-likeness (QED) is 0.688. The lowest BCUT2D eigenvalue weighted by Crippen LogP contribution is -1.93. The van der Waals surface area contributed by atoms with Crippen LogP contribution in [0.4, 0.5) is 0 Å². The van der Waals surface area contributed by atoms with Gasteiger partial charge in [-0.05, 0) is 37.0 Å². The molecule has 1 nitrogen and oxygen atoms in total. The highest BCUT2D eigenvalue weighted by atomic mass is 35.5. The molecule has 0 aromatic heterocycles. The van der Waals surface area contributed by atoms with Crippen molar-refractivity contribution in [1.82, 2.24) is 0 Å². The molecular formula is C13H17ClO. The average Bonchev–Trinajstić information content (AvgIpc) is 2.25. The lowest BCUT2D eigenvalue weighted by Gasteiger charge is -2.11. The zero-order chi connectivity index (χ0) is 11.3. The molecule has 82 valence electrons. The van der Waals surface area contributed by atoms with Crippen molar-refractivity contribution in [3.05, 3.63) is 40.9 Å². The van der Waals surface area contributed by atoms with Gasteiger partial charge in [0, 0.05) is 0 Å². The maximum absolute atomic E-state index is 6.06. The molecule has 1 unspecified atom stereocenters. The monoisotopic (exact) mass is 224 g/mol. The molecule has 1 aromatic rings. The minimum Gasteiger partial charge on any atom is -0.495 e. The predicted octanol–water partition coefficient (Wildman–Crippen LogP) is 4.42. The number of halogens is 1. The molecule has 2 heteroatoms. The van der Waals surface area contributed by atoms with E-state index in [2.05, 4.69) is 25.1 Å². The summed E-state index contributed by atoms with van der Waals surface area (Å²) in [5.41, 5.74) is 1.25. The Kier molecular flexibility index (Phi) is 4.70. The fourth-order valence-electron chi connectivity index (χ4n) is 1.47. The molecule has 0 N–H and O–H groups in total. The van der Waals surface area contributed by atoms with Gasteiger partial charge in [0.1, 0.15) is 5.75 Å². The highest BCUT2D eigenvalue weighted by Gasteiger charge is 2.07. The Hall–Kier alpha value is -0.950. The number of rotatable bonds is 4. The van der Waals surface area contributed by atoms with Crippen LogP contribution in [0.15, 0.2) is 30.4 Å². The number of benzene rings is 1. The molecule has 0 aliphatic carbocycles. The van der Waals surface area contributed by atoms with Gasteiger partial charge in [0.05, 0.1) is 12.1 Å². The zero-order valence-electron chi connectivity index (χ0n) is 9.46. The first-order chi connectivity index (χ1) is 7.19. The Labute approximate surface area is 96.7 Å². The molecule has 15 heavy (non-hydrogen) atoms. The topological polar surface area (TPSA) is 9.23 Å². The maximum Gasteiger partial charge on any atom is 0.137 e. The van der Waals surface area contributed by atoms with Crippen LogP contribution in [0.25, 0.3) is 0 Å². The van der Waals surface area contributed by atoms with E-state index in [0.717, 1.165) is 12.2 Å². The molecule has 0 aliphatic heterocycles. The van der Waals surface area contributed by atoms with Gasteiger partial charge in [0.2, 0.25) is 0 Å². The summed E-state index contributed by atoms with van der Waals surface area (Å²) < 4.78 is 5.11. The minimum atomic E-state index is 0.490. The van der Waals surface area contributed by atoms with Crippen LogP contribution >= 0.6 is 11.6 Å². The molecule has 1 rings (SSSR count). The van der Waals surface area contributed by atoms with E-state index in [4.69, 9.17) is 16.3 Å². The fraction of sp³-hybridized carbons (Fsp3) is 0.385. The minimum absolute atomic E-state index is 0.490. The van der Waals surface area contributed by atoms with Crippen LogP contribution in [0.5, 0.6) is 5.75 Å². The van der Waals surface area contributed by atoms with Crippen molar-refractivity contribution in [3.63, 3.8) is 0 Å². The van der Waals surface area contributed by atoms with Gasteiger partial charge in [-0.15, -0.1) is 0 Å². The normalized spacial score (nSPS) is 13.1. The van der Waals surface area contributed by atoms with Crippen molar-refractivity contribution in [1.29, 1.82) is 0 Å². The molecule has 0 aliphatic rings. The first kappa shape index (κ1) is 12.1. The summed E-state index contributed by atoms with van der Waals surface area (Å²) in [5.74, 6) is 1.23. The Morgan fingerprint density at radius 3 is 2.73 bits per heavy atom. The molecule has 1 atom stereocenters. The highest BCUT2D eigenvalue weighted by Crippen LogP contribution is 2.29. The molecule has 0 amide bonds. The fourth-order valence-corrected chi connectivity index (χ4v) is 1.73. The summed E-state index contributed by atoms with van der Waals surface area (Å²) in [6.45, 7) is 4.23. The number of hydrogen-bond acceptors (Lipinski definition) is 1. The van der Waals surface area contributed by atoms with Crippen molar-refractivity contribution >= 4 is 11.6 Å². The second-order valence-electron chi connectivity index (χ2n) is 3.60. The van der Waals surface area contributed by atoms with Gasteiger partial charge in [-0.25, -0.2) is 0 Å². The van der Waals surface area contributed by atoms with Gasteiger partial charge < -0.3 is 4.74 Å². The van der Waals surface area contributed by atoms with Gasteiger partial charge in [0.25, 0.3) is 0 Å². The lowest BCUT2D eigenvalue weighted by molar-refractivity contribution is 0.415. The van der Waals surface area contributed by atoms with Crippen LogP contribution in [-0.4, -0.2) is 7.11 Å². The van der Waals surface area contributed by atoms with Gasteiger partial charge in [-0.3, -0.25) is 0 Å². The third kappa shape index (κ3) is 3.28. The van der Waals surface area contributed by atoms with E-state index in [-0.39, 0.29) is 0 Å². The van der Waals surface area contributed by atoms with E-state index >= 15 is 0 Å². The summed E-state index contributed by atoms with van der Waals surface area (Å²) in [6.07, 6.45) is 5.28. The smallest absolute Gasteiger partial charge is 0.137 e. The summed E-state index contributed by atoms with van der Waals surface area (Å²) in [6, 6.07) is 5.97. The molecule has 0 radical (unpaired) electrons. The molecule has 0 spiro atoms. The number of ether oxygens (including phenoxy) is 1. The maximum atomic E-state index is 6.06. The van der Waals surface area contributed by atoms with E-state index < -0.39 is 0 Å². The van der Waals surface area contributed by atoms with E-state index in [0.29, 0.717) is 10.9 Å². The summed E-state index contributed by atoms with van der Waals surface area (Å²) in [7, 11) is 1.63. The average molecular weight is 225 g/mol. The van der Waals surface area contributed by atoms with E-state index in [1.54, 1.807) is 7.11 Å². The van der Waals surface area contributed by atoms with Crippen molar-refractivity contribution in [2.24, 2.45) is 0 Å². The number of hydrogen-bond donors (Lipinski definition) is 0. The first-order valence-electron chi connectivity index (χ1n) is 5.13. The highest BCUT2D eigenvalue weighted by molar-refractivity contribution is 6.32. The van der Waals surface area contributed by atoms with Gasteiger partial charge in [-0.2, -0.15) is 0 Å². The lowest BCUT2D eigenvalue weighted by atomic mass is 9.97. The summed E-state index contributed by atoms with van der Waals surface area (Å²) in [5, 5.41) is 0.683. The SMILES string of the molecule is C/C=C\CC(C)c1ccc(OC)c(Cl)c1. The molecule has 0 saturated carbocycles. The summed E-state index contributed by atoms with van der Waals surface area (Å²) >= 11 is 6.06. The second kappa shape index (κ2) is 5.82. The third-order valence-electron chi connectivity index (χ3n) is 2.47. The second-order valence-corrected chi connectivity index (χ2v) is 4.01. The Morgan fingerprint density at radius 1 is 1.47 bits per heavy atom. The molecule has 1 aromatic carbocycles. The van der Waals surface area contributed by atoms with Gasteiger partial charge in [-0.1, -0.05) is 36.7 Å². The van der Waals surface area contributed by atoms with Crippen LogP contribution < -0.4 is 4.74 Å². The first-order valence-corrected chi connectivity index (χ1v) is 5.51. The molecule has 0 heterocycles. The largest absolute Gasteiger partial charge is 0.495 e. The molecule has 0 fully saturated rings. The Bertz CT molecular complexity index is 344. The van der Waals surface area contributed by atoms with Crippen molar-refractivity contribution in [3.8, 4) is 5.75 Å². The van der Waals surface area contributed by atoms with Crippen LogP contribution in [-0.2, 0) is 0 Å². The van der Waals surface area contributed by atoms with Gasteiger partial charge in [0.15, 0.2) is 0 Å². The third-order valence-corrected chi connectivity index (χ3v) is 2.77. The molecule has 0 saturated heterocycles. The standard InChI is InChI=1S/C13H17ClO/c1-4-5-6-10(2)11-7-8-13(15-3)12(14)9-11/h4-5,7-10H,6H2,1-3H3/b5-4-. The summed E-state index contributed by atoms with van der Waals surface area (Å²) in [4.78, 5) is 0. The van der Waals surface area contributed by atoms with Crippen molar-refractivity contribution < 1.29 is 4.74 Å². The predicted molar refractivity (Wildman–Crippen MR) is 65.9 cm³/mol. The van der Waals surface area contributed by atoms with Crippen molar-refractivity contribution in [2.45, 2.75) is 26.2 Å². The Morgan fingerprint density at radius 2 is 2.20 bits per heavy atom. The van der Waals surface area contributed by atoms with E-state index in [1.807, 2.05) is 19.1 Å². The van der Waals surface area contributed by atoms with Gasteiger partial charge >= 0.3 is 0 Å². The molecule has 0 bridgehead atoms. The van der Waals surface area contributed by atoms with Crippen LogP contribution in [0, 0.1) is 0 Å². The van der Waals surface area contributed by atoms with E-state index in [9.17, 15) is 0 Å². The number of allylic oxidation sites excluding steroid dienone is 2. The zero-order valence-corrected chi connectivity index (χ0v) is 10.2. The van der Waals surface area contributed by atoms with Crippen molar-refractivity contribution in [2.75, 3.05) is 7.11 Å². The van der Waals surface area contributed by atoms with Crippen LogP contribution in [0.1, 0.15) is 31.7 Å². The van der Waals surface area contributed by atoms with Crippen LogP contribution in [0.3, 0.4) is 0 Å².